The van der Waals surface area contributed by atoms with Crippen LogP contribution in [0.1, 0.15) is 89.9 Å². The number of Topliss-reactive ketones (excluding diaryl/α,β-unsaturated/α-hetero) is 1. The van der Waals surface area contributed by atoms with Crippen molar-refractivity contribution in [1.82, 2.24) is 0 Å². The second kappa shape index (κ2) is 8.33. The molecule has 0 aliphatic heterocycles. The maximum Gasteiger partial charge on any atom is 0.163 e. The zero-order valence-electron chi connectivity index (χ0n) is 18.7. The fraction of sp³-hybridized carbons (Fsp3) is 0.552. The molecule has 158 valence electrons. The van der Waals surface area contributed by atoms with Crippen molar-refractivity contribution in [2.75, 3.05) is 0 Å². The van der Waals surface area contributed by atoms with Crippen molar-refractivity contribution < 1.29 is 4.79 Å². The molecule has 0 N–H and O–H groups in total. The molecule has 0 amide bonds. The number of carbonyl (C=O) groups excluding carboxylic acids is 1. The number of fused-ring (bicyclic) bond motifs is 2. The first kappa shape index (κ1) is 20.0. The molecular formula is C29H36O. The SMILES string of the molecule is Cc1ccc(C)c(C(=O)C[C@@H](c2ccc(CCC3CC3)cc2)C2C[C@@H]3CC[C@H]2C3)c1. The lowest BCUT2D eigenvalue weighted by Gasteiger charge is -2.31. The van der Waals surface area contributed by atoms with Gasteiger partial charge in [0.2, 0.25) is 0 Å². The first-order valence-electron chi connectivity index (χ1n) is 12.3. The average Bonchev–Trinajstić information content (AvgIpc) is 3.35. The van der Waals surface area contributed by atoms with E-state index in [0.717, 1.165) is 28.9 Å². The molecule has 1 nitrogen and oxygen atoms in total. The van der Waals surface area contributed by atoms with E-state index in [9.17, 15) is 4.79 Å². The van der Waals surface area contributed by atoms with Gasteiger partial charge in [0.15, 0.2) is 5.78 Å². The molecule has 2 aromatic rings. The Balaban J connectivity index is 1.37. The van der Waals surface area contributed by atoms with E-state index in [0.29, 0.717) is 24.0 Å². The molecule has 4 atom stereocenters. The van der Waals surface area contributed by atoms with E-state index in [1.54, 1.807) is 0 Å². The summed E-state index contributed by atoms with van der Waals surface area (Å²) in [7, 11) is 0. The van der Waals surface area contributed by atoms with E-state index in [2.05, 4.69) is 56.3 Å². The number of hydrogen-bond acceptors (Lipinski definition) is 1. The number of hydrogen-bond donors (Lipinski definition) is 0. The molecule has 0 spiro atoms. The van der Waals surface area contributed by atoms with E-state index >= 15 is 0 Å². The molecular weight excluding hydrogens is 364 g/mol. The van der Waals surface area contributed by atoms with Gasteiger partial charge in [-0.1, -0.05) is 61.2 Å². The number of benzene rings is 2. The minimum absolute atomic E-state index is 0.335. The van der Waals surface area contributed by atoms with Gasteiger partial charge < -0.3 is 0 Å². The number of aryl methyl sites for hydroxylation is 3. The van der Waals surface area contributed by atoms with Crippen molar-refractivity contribution in [2.45, 2.75) is 77.6 Å². The Bertz CT molecular complexity index is 904. The standard InChI is InChI=1S/C29H36O/c1-19-3-4-20(2)26(15-19)29(30)18-28(27-17-23-11-14-25(27)16-23)24-12-9-22(10-13-24)8-7-21-5-6-21/h3-4,9-10,12-13,15,21,23,25,27-28H,5-8,11,14,16-18H2,1-2H3/t23-,25+,27?,28+/m1/s1. The molecule has 2 aromatic carbocycles. The molecule has 3 fully saturated rings. The maximum atomic E-state index is 13.4. The molecule has 30 heavy (non-hydrogen) atoms. The Morgan fingerprint density at radius 2 is 1.77 bits per heavy atom. The minimum Gasteiger partial charge on any atom is -0.294 e. The quantitative estimate of drug-likeness (QED) is 0.421. The topological polar surface area (TPSA) is 17.1 Å². The summed E-state index contributed by atoms with van der Waals surface area (Å²) in [6.45, 7) is 4.16. The minimum atomic E-state index is 0.335. The van der Waals surface area contributed by atoms with Gasteiger partial charge in [0.1, 0.15) is 0 Å². The lowest BCUT2D eigenvalue weighted by molar-refractivity contribution is 0.0954. The second-order valence-corrected chi connectivity index (χ2v) is 10.6. The Kier molecular flexibility index (Phi) is 5.56. The van der Waals surface area contributed by atoms with Crippen molar-refractivity contribution in [3.05, 3.63) is 70.3 Å². The molecule has 5 rings (SSSR count). The summed E-state index contributed by atoms with van der Waals surface area (Å²) in [5.74, 6) is 4.14. The van der Waals surface area contributed by atoms with Gasteiger partial charge in [0, 0.05) is 12.0 Å². The monoisotopic (exact) mass is 400 g/mol. The normalized spacial score (nSPS) is 26.1. The summed E-state index contributed by atoms with van der Waals surface area (Å²) < 4.78 is 0. The van der Waals surface area contributed by atoms with E-state index in [1.807, 2.05) is 0 Å². The highest BCUT2D eigenvalue weighted by Crippen LogP contribution is 2.54. The largest absolute Gasteiger partial charge is 0.294 e. The Hall–Kier alpha value is -1.89. The van der Waals surface area contributed by atoms with Crippen LogP contribution in [0.2, 0.25) is 0 Å². The first-order valence-corrected chi connectivity index (χ1v) is 12.3. The van der Waals surface area contributed by atoms with Crippen LogP contribution in [-0.4, -0.2) is 5.78 Å². The van der Waals surface area contributed by atoms with Gasteiger partial charge in [-0.25, -0.2) is 0 Å². The molecule has 1 heteroatoms. The third-order valence-electron chi connectivity index (χ3n) is 8.35. The second-order valence-electron chi connectivity index (χ2n) is 10.6. The molecule has 1 unspecified atom stereocenters. The highest BCUT2D eigenvalue weighted by atomic mass is 16.1. The fourth-order valence-corrected chi connectivity index (χ4v) is 6.36. The fourth-order valence-electron chi connectivity index (χ4n) is 6.36. The molecule has 0 aromatic heterocycles. The Morgan fingerprint density at radius 1 is 0.967 bits per heavy atom. The van der Waals surface area contributed by atoms with Crippen LogP contribution in [0.5, 0.6) is 0 Å². The van der Waals surface area contributed by atoms with Gasteiger partial charge in [-0.05, 0) is 98.3 Å². The average molecular weight is 401 g/mol. The molecule has 3 saturated carbocycles. The van der Waals surface area contributed by atoms with Crippen molar-refractivity contribution >= 4 is 5.78 Å². The Morgan fingerprint density at radius 3 is 2.43 bits per heavy atom. The summed E-state index contributed by atoms with van der Waals surface area (Å²) in [5.41, 5.74) is 6.11. The summed E-state index contributed by atoms with van der Waals surface area (Å²) in [4.78, 5) is 13.4. The van der Waals surface area contributed by atoms with Gasteiger partial charge in [-0.3, -0.25) is 4.79 Å². The van der Waals surface area contributed by atoms with Crippen LogP contribution in [0.15, 0.2) is 42.5 Å². The smallest absolute Gasteiger partial charge is 0.163 e. The third kappa shape index (κ3) is 4.27. The van der Waals surface area contributed by atoms with Crippen LogP contribution in [0, 0.1) is 37.5 Å². The van der Waals surface area contributed by atoms with Crippen molar-refractivity contribution in [1.29, 1.82) is 0 Å². The van der Waals surface area contributed by atoms with Crippen LogP contribution >= 0.6 is 0 Å². The zero-order chi connectivity index (χ0) is 20.7. The van der Waals surface area contributed by atoms with Crippen molar-refractivity contribution in [3.8, 4) is 0 Å². The molecule has 3 aliphatic rings. The van der Waals surface area contributed by atoms with Gasteiger partial charge in [0.25, 0.3) is 0 Å². The number of ketones is 1. The van der Waals surface area contributed by atoms with Gasteiger partial charge in [0.05, 0.1) is 0 Å². The number of rotatable bonds is 8. The van der Waals surface area contributed by atoms with E-state index in [1.165, 1.54) is 68.1 Å². The predicted octanol–water partition coefficient (Wildman–Crippen LogP) is 7.44. The summed E-state index contributed by atoms with van der Waals surface area (Å²) >= 11 is 0. The summed E-state index contributed by atoms with van der Waals surface area (Å²) in [6.07, 6.45) is 11.6. The Labute approximate surface area is 182 Å². The molecule has 2 bridgehead atoms. The van der Waals surface area contributed by atoms with Crippen LogP contribution in [0.4, 0.5) is 0 Å². The van der Waals surface area contributed by atoms with Crippen LogP contribution in [0.25, 0.3) is 0 Å². The molecule has 0 heterocycles. The lowest BCUT2D eigenvalue weighted by atomic mass is 9.73. The molecule has 0 saturated heterocycles. The van der Waals surface area contributed by atoms with E-state index in [4.69, 9.17) is 0 Å². The van der Waals surface area contributed by atoms with Crippen LogP contribution in [0.3, 0.4) is 0 Å². The predicted molar refractivity (Wildman–Crippen MR) is 124 cm³/mol. The highest BCUT2D eigenvalue weighted by Gasteiger charge is 2.44. The lowest BCUT2D eigenvalue weighted by Crippen LogP contribution is -2.22. The summed E-state index contributed by atoms with van der Waals surface area (Å²) in [5, 5.41) is 0. The van der Waals surface area contributed by atoms with Crippen LogP contribution in [-0.2, 0) is 6.42 Å². The van der Waals surface area contributed by atoms with E-state index < -0.39 is 0 Å². The zero-order valence-corrected chi connectivity index (χ0v) is 18.7. The van der Waals surface area contributed by atoms with Crippen LogP contribution < -0.4 is 0 Å². The van der Waals surface area contributed by atoms with Gasteiger partial charge >= 0.3 is 0 Å². The van der Waals surface area contributed by atoms with E-state index in [-0.39, 0.29) is 0 Å². The number of carbonyl (C=O) groups is 1. The van der Waals surface area contributed by atoms with Gasteiger partial charge in [-0.15, -0.1) is 0 Å². The van der Waals surface area contributed by atoms with Gasteiger partial charge in [-0.2, -0.15) is 0 Å². The third-order valence-corrected chi connectivity index (χ3v) is 8.35. The highest BCUT2D eigenvalue weighted by molar-refractivity contribution is 5.98. The maximum absolute atomic E-state index is 13.4. The molecule has 0 radical (unpaired) electrons. The van der Waals surface area contributed by atoms with Crippen molar-refractivity contribution in [2.24, 2.45) is 23.7 Å². The first-order chi connectivity index (χ1) is 14.6. The van der Waals surface area contributed by atoms with Crippen molar-refractivity contribution in [3.63, 3.8) is 0 Å². The summed E-state index contributed by atoms with van der Waals surface area (Å²) in [6, 6.07) is 15.7. The molecule has 3 aliphatic carbocycles.